The van der Waals surface area contributed by atoms with E-state index in [1.165, 1.54) is 5.39 Å². The van der Waals surface area contributed by atoms with Gasteiger partial charge in [-0.05, 0) is 19.1 Å². The lowest BCUT2D eigenvalue weighted by Crippen LogP contribution is -1.95. The van der Waals surface area contributed by atoms with Crippen LogP contribution in [-0.2, 0) is 7.05 Å². The van der Waals surface area contributed by atoms with Crippen molar-refractivity contribution in [1.82, 2.24) is 4.57 Å². The molecule has 0 bridgehead atoms. The zero-order valence-corrected chi connectivity index (χ0v) is 9.28. The molecule has 1 heterocycles. The minimum Gasteiger partial charge on any atom is -0.493 e. The second-order valence-corrected chi connectivity index (χ2v) is 3.42. The minimum absolute atomic E-state index is 0.648. The smallest absolute Gasteiger partial charge is 0.162 e. The maximum Gasteiger partial charge on any atom is 0.162 e. The molecule has 2 rings (SSSR count). The third-order valence-corrected chi connectivity index (χ3v) is 2.47. The zero-order valence-electron chi connectivity index (χ0n) is 9.28. The molecule has 0 spiro atoms. The predicted octanol–water partition coefficient (Wildman–Crippen LogP) is 2.59. The molecule has 1 aromatic heterocycles. The van der Waals surface area contributed by atoms with Crippen molar-refractivity contribution in [3.05, 3.63) is 24.4 Å². The lowest BCUT2D eigenvalue weighted by atomic mass is 10.2. The van der Waals surface area contributed by atoms with Gasteiger partial charge in [-0.15, -0.1) is 0 Å². The highest BCUT2D eigenvalue weighted by Gasteiger charge is 2.07. The number of rotatable bonds is 3. The second kappa shape index (κ2) is 3.85. The molecule has 0 aliphatic heterocycles. The fraction of sp³-hybridized carbons (Fsp3) is 0.333. The molecule has 0 aliphatic rings. The van der Waals surface area contributed by atoms with Gasteiger partial charge in [0.05, 0.1) is 19.2 Å². The van der Waals surface area contributed by atoms with Crippen molar-refractivity contribution in [2.45, 2.75) is 6.92 Å². The SMILES string of the molecule is CCOc1cc2ccn(C)c2cc1OC. The van der Waals surface area contributed by atoms with Crippen LogP contribution >= 0.6 is 0 Å². The fourth-order valence-electron chi connectivity index (χ4n) is 1.70. The van der Waals surface area contributed by atoms with Crippen LogP contribution in [0, 0.1) is 0 Å². The Hall–Kier alpha value is -1.64. The summed E-state index contributed by atoms with van der Waals surface area (Å²) in [5, 5.41) is 1.17. The van der Waals surface area contributed by atoms with E-state index >= 15 is 0 Å². The quantitative estimate of drug-likeness (QED) is 0.768. The summed E-state index contributed by atoms with van der Waals surface area (Å²) in [5.74, 6) is 1.59. The molecule has 2 aromatic rings. The number of methoxy groups -OCH3 is 1. The molecule has 3 nitrogen and oxygen atoms in total. The van der Waals surface area contributed by atoms with E-state index in [4.69, 9.17) is 9.47 Å². The van der Waals surface area contributed by atoms with Gasteiger partial charge >= 0.3 is 0 Å². The number of hydrogen-bond acceptors (Lipinski definition) is 2. The fourth-order valence-corrected chi connectivity index (χ4v) is 1.70. The highest BCUT2D eigenvalue weighted by atomic mass is 16.5. The third-order valence-electron chi connectivity index (χ3n) is 2.47. The molecule has 0 aliphatic carbocycles. The first-order valence-corrected chi connectivity index (χ1v) is 5.02. The molecule has 1 aromatic carbocycles. The molecular formula is C12H15NO2. The average Bonchev–Trinajstić information content (AvgIpc) is 2.59. The Balaban J connectivity index is 2.60. The van der Waals surface area contributed by atoms with E-state index in [-0.39, 0.29) is 0 Å². The van der Waals surface area contributed by atoms with Crippen molar-refractivity contribution >= 4 is 10.9 Å². The Labute approximate surface area is 89.2 Å². The molecule has 0 fully saturated rings. The number of aryl methyl sites for hydroxylation is 1. The molecule has 0 radical (unpaired) electrons. The highest BCUT2D eigenvalue weighted by Crippen LogP contribution is 2.32. The molecule has 0 unspecified atom stereocenters. The third kappa shape index (κ3) is 1.65. The van der Waals surface area contributed by atoms with Crippen LogP contribution in [0.3, 0.4) is 0 Å². The summed E-state index contributed by atoms with van der Waals surface area (Å²) in [6.07, 6.45) is 2.03. The van der Waals surface area contributed by atoms with Crippen molar-refractivity contribution in [2.75, 3.05) is 13.7 Å². The van der Waals surface area contributed by atoms with Crippen LogP contribution in [0.1, 0.15) is 6.92 Å². The molecule has 0 amide bonds. The van der Waals surface area contributed by atoms with E-state index < -0.39 is 0 Å². The van der Waals surface area contributed by atoms with Crippen molar-refractivity contribution in [1.29, 1.82) is 0 Å². The number of nitrogens with zero attached hydrogens (tertiary/aromatic N) is 1. The van der Waals surface area contributed by atoms with Gasteiger partial charge in [0, 0.05) is 24.7 Å². The van der Waals surface area contributed by atoms with Gasteiger partial charge in [-0.2, -0.15) is 0 Å². The van der Waals surface area contributed by atoms with Crippen LogP contribution < -0.4 is 9.47 Å². The number of hydrogen-bond donors (Lipinski definition) is 0. The molecule has 15 heavy (non-hydrogen) atoms. The Morgan fingerprint density at radius 1 is 1.27 bits per heavy atom. The summed E-state index contributed by atoms with van der Waals surface area (Å²) >= 11 is 0. The molecular weight excluding hydrogens is 190 g/mol. The van der Waals surface area contributed by atoms with Crippen LogP contribution in [0.2, 0.25) is 0 Å². The Morgan fingerprint density at radius 3 is 2.73 bits per heavy atom. The van der Waals surface area contributed by atoms with Gasteiger partial charge in [-0.25, -0.2) is 0 Å². The Kier molecular flexibility index (Phi) is 2.54. The zero-order chi connectivity index (χ0) is 10.8. The maximum absolute atomic E-state index is 5.51. The van der Waals surface area contributed by atoms with Gasteiger partial charge in [0.1, 0.15) is 0 Å². The van der Waals surface area contributed by atoms with Crippen LogP contribution in [-0.4, -0.2) is 18.3 Å². The first kappa shape index (κ1) is 9.90. The van der Waals surface area contributed by atoms with Gasteiger partial charge < -0.3 is 14.0 Å². The standard InChI is InChI=1S/C12H15NO2/c1-4-15-12-7-9-5-6-13(2)10(9)8-11(12)14-3/h5-8H,4H2,1-3H3. The lowest BCUT2D eigenvalue weighted by Gasteiger charge is -2.09. The summed E-state index contributed by atoms with van der Waals surface area (Å²) < 4.78 is 12.9. The maximum atomic E-state index is 5.51. The van der Waals surface area contributed by atoms with Crippen LogP contribution in [0.5, 0.6) is 11.5 Å². The molecule has 0 saturated heterocycles. The predicted molar refractivity (Wildman–Crippen MR) is 60.6 cm³/mol. The lowest BCUT2D eigenvalue weighted by molar-refractivity contribution is 0.311. The molecule has 80 valence electrons. The number of benzene rings is 1. The highest BCUT2D eigenvalue weighted by molar-refractivity contribution is 5.84. The molecule has 0 N–H and O–H groups in total. The van der Waals surface area contributed by atoms with Gasteiger partial charge in [0.25, 0.3) is 0 Å². The molecule has 0 saturated carbocycles. The van der Waals surface area contributed by atoms with E-state index in [0.717, 1.165) is 17.0 Å². The second-order valence-electron chi connectivity index (χ2n) is 3.42. The number of aromatic nitrogens is 1. The van der Waals surface area contributed by atoms with E-state index in [1.54, 1.807) is 7.11 Å². The van der Waals surface area contributed by atoms with Gasteiger partial charge in [0.15, 0.2) is 11.5 Å². The van der Waals surface area contributed by atoms with Crippen LogP contribution in [0.25, 0.3) is 10.9 Å². The summed E-state index contributed by atoms with van der Waals surface area (Å²) in [6, 6.07) is 6.08. The van der Waals surface area contributed by atoms with E-state index in [0.29, 0.717) is 6.61 Å². The van der Waals surface area contributed by atoms with Crippen LogP contribution in [0.15, 0.2) is 24.4 Å². The molecule has 0 atom stereocenters. The summed E-state index contributed by atoms with van der Waals surface area (Å²) in [5.41, 5.74) is 1.15. The first-order valence-electron chi connectivity index (χ1n) is 5.02. The van der Waals surface area contributed by atoms with Crippen LogP contribution in [0.4, 0.5) is 0 Å². The topological polar surface area (TPSA) is 23.4 Å². The number of ether oxygens (including phenoxy) is 2. The Bertz CT molecular complexity index is 474. The van der Waals surface area contributed by atoms with E-state index in [1.807, 2.05) is 32.3 Å². The molecule has 3 heteroatoms. The summed E-state index contributed by atoms with van der Waals surface area (Å²) in [4.78, 5) is 0. The number of fused-ring (bicyclic) bond motifs is 1. The van der Waals surface area contributed by atoms with E-state index in [9.17, 15) is 0 Å². The summed E-state index contributed by atoms with van der Waals surface area (Å²) in [7, 11) is 3.68. The Morgan fingerprint density at radius 2 is 2.07 bits per heavy atom. The van der Waals surface area contributed by atoms with Gasteiger partial charge in [-0.1, -0.05) is 0 Å². The normalized spacial score (nSPS) is 10.6. The largest absolute Gasteiger partial charge is 0.493 e. The first-order chi connectivity index (χ1) is 7.26. The minimum atomic E-state index is 0.648. The van der Waals surface area contributed by atoms with Gasteiger partial charge in [0.2, 0.25) is 0 Å². The van der Waals surface area contributed by atoms with E-state index in [2.05, 4.69) is 10.6 Å². The van der Waals surface area contributed by atoms with Crippen molar-refractivity contribution in [3.8, 4) is 11.5 Å². The average molecular weight is 205 g/mol. The summed E-state index contributed by atoms with van der Waals surface area (Å²) in [6.45, 7) is 2.61. The van der Waals surface area contributed by atoms with Crippen molar-refractivity contribution < 1.29 is 9.47 Å². The van der Waals surface area contributed by atoms with Gasteiger partial charge in [-0.3, -0.25) is 0 Å². The van der Waals surface area contributed by atoms with Crippen molar-refractivity contribution in [2.24, 2.45) is 7.05 Å². The van der Waals surface area contributed by atoms with Crippen molar-refractivity contribution in [3.63, 3.8) is 0 Å². The monoisotopic (exact) mass is 205 g/mol.